The van der Waals surface area contributed by atoms with Crippen molar-refractivity contribution in [2.24, 2.45) is 5.73 Å². The zero-order valence-electron chi connectivity index (χ0n) is 8.81. The van der Waals surface area contributed by atoms with Crippen LogP contribution >= 0.6 is 11.3 Å². The van der Waals surface area contributed by atoms with E-state index in [2.05, 4.69) is 10.4 Å². The zero-order valence-corrected chi connectivity index (χ0v) is 9.63. The van der Waals surface area contributed by atoms with Gasteiger partial charge in [-0.25, -0.2) is 9.99 Å². The number of nitrogens with zero attached hydrogens (tertiary/aromatic N) is 2. The maximum absolute atomic E-state index is 11.8. The Morgan fingerprint density at radius 3 is 3.00 bits per heavy atom. The van der Waals surface area contributed by atoms with Crippen LogP contribution in [0.25, 0.3) is 0 Å². The highest BCUT2D eigenvalue weighted by Gasteiger charge is 2.16. The van der Waals surface area contributed by atoms with Crippen LogP contribution in [0.1, 0.15) is 15.5 Å². The van der Waals surface area contributed by atoms with Gasteiger partial charge in [0.05, 0.1) is 13.2 Å². The van der Waals surface area contributed by atoms with Crippen molar-refractivity contribution in [1.82, 2.24) is 15.4 Å². The molecular weight excluding hydrogens is 228 g/mol. The first-order valence-electron chi connectivity index (χ1n) is 5.08. The molecule has 2 heterocycles. The van der Waals surface area contributed by atoms with E-state index in [1.165, 1.54) is 11.3 Å². The molecule has 0 aromatic carbocycles. The monoisotopic (exact) mass is 242 g/mol. The molecule has 0 saturated carbocycles. The number of ether oxygens (including phenoxy) is 1. The molecule has 1 fully saturated rings. The minimum atomic E-state index is -0.183. The summed E-state index contributed by atoms with van der Waals surface area (Å²) in [4.78, 5) is 15.9. The lowest BCUT2D eigenvalue weighted by molar-refractivity contribution is 0.0125. The molecule has 1 aliphatic rings. The van der Waals surface area contributed by atoms with Crippen LogP contribution in [0.3, 0.4) is 0 Å². The van der Waals surface area contributed by atoms with Gasteiger partial charge in [0.2, 0.25) is 0 Å². The number of amides is 1. The predicted molar refractivity (Wildman–Crippen MR) is 59.9 cm³/mol. The molecule has 1 aromatic rings. The number of carbonyl (C=O) groups excluding carboxylic acids is 1. The number of carbonyl (C=O) groups is 1. The maximum Gasteiger partial charge on any atom is 0.285 e. The second kappa shape index (κ2) is 5.35. The van der Waals surface area contributed by atoms with E-state index in [4.69, 9.17) is 10.5 Å². The van der Waals surface area contributed by atoms with Crippen molar-refractivity contribution in [3.05, 3.63) is 16.1 Å². The number of hydrazine groups is 1. The minimum absolute atomic E-state index is 0.183. The maximum atomic E-state index is 11.8. The van der Waals surface area contributed by atoms with E-state index in [9.17, 15) is 4.79 Å². The van der Waals surface area contributed by atoms with Gasteiger partial charge in [-0.15, -0.1) is 11.3 Å². The first kappa shape index (κ1) is 11.5. The van der Waals surface area contributed by atoms with E-state index >= 15 is 0 Å². The van der Waals surface area contributed by atoms with Crippen molar-refractivity contribution in [3.8, 4) is 0 Å². The average Bonchev–Trinajstić information content (AvgIpc) is 2.79. The number of thiazole rings is 1. The summed E-state index contributed by atoms with van der Waals surface area (Å²) in [6, 6.07) is 0. The van der Waals surface area contributed by atoms with Crippen LogP contribution in [0.15, 0.2) is 5.38 Å². The Hall–Kier alpha value is -1.02. The van der Waals surface area contributed by atoms with Crippen LogP contribution in [0.4, 0.5) is 0 Å². The molecule has 6 nitrogen and oxygen atoms in total. The third kappa shape index (κ3) is 2.76. The Bertz CT molecular complexity index is 362. The van der Waals surface area contributed by atoms with Crippen molar-refractivity contribution < 1.29 is 9.53 Å². The normalized spacial score (nSPS) is 17.3. The number of hydrogen-bond donors (Lipinski definition) is 2. The second-order valence-electron chi connectivity index (χ2n) is 3.37. The van der Waals surface area contributed by atoms with Crippen LogP contribution in [-0.4, -0.2) is 42.2 Å². The summed E-state index contributed by atoms with van der Waals surface area (Å²) in [5.74, 6) is -0.183. The Labute approximate surface area is 97.4 Å². The van der Waals surface area contributed by atoms with Crippen molar-refractivity contribution in [3.63, 3.8) is 0 Å². The van der Waals surface area contributed by atoms with E-state index < -0.39 is 0 Å². The molecule has 0 aliphatic carbocycles. The standard InChI is InChI=1S/C9H14N4O2S/c10-5-8-11-7(6-16-8)9(14)12-13-1-3-15-4-2-13/h6H,1-5,10H2,(H,12,14). The molecule has 2 rings (SSSR count). The van der Waals surface area contributed by atoms with Gasteiger partial charge >= 0.3 is 0 Å². The third-order valence-electron chi connectivity index (χ3n) is 2.23. The lowest BCUT2D eigenvalue weighted by atomic mass is 10.4. The fraction of sp³-hybridized carbons (Fsp3) is 0.556. The van der Waals surface area contributed by atoms with Crippen molar-refractivity contribution in [2.45, 2.75) is 6.54 Å². The quantitative estimate of drug-likeness (QED) is 0.752. The molecule has 7 heteroatoms. The van der Waals surface area contributed by atoms with Gasteiger partial charge in [-0.05, 0) is 0 Å². The first-order valence-corrected chi connectivity index (χ1v) is 5.95. The topological polar surface area (TPSA) is 80.5 Å². The molecule has 88 valence electrons. The molecule has 16 heavy (non-hydrogen) atoms. The largest absolute Gasteiger partial charge is 0.379 e. The highest BCUT2D eigenvalue weighted by Crippen LogP contribution is 2.08. The Kier molecular flexibility index (Phi) is 3.83. The molecule has 0 unspecified atom stereocenters. The zero-order chi connectivity index (χ0) is 11.4. The van der Waals surface area contributed by atoms with E-state index in [-0.39, 0.29) is 5.91 Å². The number of morpholine rings is 1. The molecule has 3 N–H and O–H groups in total. The number of aromatic nitrogens is 1. The van der Waals surface area contributed by atoms with Crippen LogP contribution in [0, 0.1) is 0 Å². The fourth-order valence-corrected chi connectivity index (χ4v) is 2.04. The highest BCUT2D eigenvalue weighted by molar-refractivity contribution is 7.09. The molecule has 0 atom stereocenters. The van der Waals surface area contributed by atoms with E-state index in [0.29, 0.717) is 38.5 Å². The van der Waals surface area contributed by atoms with Gasteiger partial charge in [-0.3, -0.25) is 10.2 Å². The smallest absolute Gasteiger partial charge is 0.285 e. The van der Waals surface area contributed by atoms with Gasteiger partial charge in [-0.1, -0.05) is 0 Å². The van der Waals surface area contributed by atoms with E-state index in [1.54, 1.807) is 5.38 Å². The van der Waals surface area contributed by atoms with Gasteiger partial charge in [0.1, 0.15) is 10.7 Å². The summed E-state index contributed by atoms with van der Waals surface area (Å²) in [6.45, 7) is 3.07. The molecule has 1 aliphatic heterocycles. The van der Waals surface area contributed by atoms with E-state index in [0.717, 1.165) is 5.01 Å². The Morgan fingerprint density at radius 1 is 1.62 bits per heavy atom. The molecule has 0 bridgehead atoms. The summed E-state index contributed by atoms with van der Waals surface area (Å²) in [5, 5.41) is 4.33. The van der Waals surface area contributed by atoms with Crippen molar-refractivity contribution >= 4 is 17.2 Å². The summed E-state index contributed by atoms with van der Waals surface area (Å²) in [5.41, 5.74) is 8.65. The molecule has 1 aromatic heterocycles. The van der Waals surface area contributed by atoms with Crippen LogP contribution in [0.2, 0.25) is 0 Å². The van der Waals surface area contributed by atoms with E-state index in [1.807, 2.05) is 5.01 Å². The third-order valence-corrected chi connectivity index (χ3v) is 3.10. The summed E-state index contributed by atoms with van der Waals surface area (Å²) >= 11 is 1.40. The van der Waals surface area contributed by atoms with Gasteiger partial charge in [0.25, 0.3) is 5.91 Å². The number of hydrogen-bond acceptors (Lipinski definition) is 6. The molecule has 1 amide bonds. The predicted octanol–water partition coefficient (Wildman–Crippen LogP) is -0.421. The Balaban J connectivity index is 1.91. The molecule has 0 radical (unpaired) electrons. The lowest BCUT2D eigenvalue weighted by Gasteiger charge is -2.26. The van der Waals surface area contributed by atoms with Crippen LogP contribution < -0.4 is 11.2 Å². The molecule has 1 saturated heterocycles. The average molecular weight is 242 g/mol. The van der Waals surface area contributed by atoms with Crippen LogP contribution in [0.5, 0.6) is 0 Å². The molecule has 0 spiro atoms. The van der Waals surface area contributed by atoms with Gasteiger partial charge in [0.15, 0.2) is 0 Å². The minimum Gasteiger partial charge on any atom is -0.379 e. The highest BCUT2D eigenvalue weighted by atomic mass is 32.1. The van der Waals surface area contributed by atoms with Crippen LogP contribution in [-0.2, 0) is 11.3 Å². The van der Waals surface area contributed by atoms with Gasteiger partial charge in [-0.2, -0.15) is 0 Å². The van der Waals surface area contributed by atoms with Gasteiger partial charge in [0, 0.05) is 25.0 Å². The fourth-order valence-electron chi connectivity index (χ4n) is 1.38. The second-order valence-corrected chi connectivity index (χ2v) is 4.31. The SMILES string of the molecule is NCc1nc(C(=O)NN2CCOCC2)cs1. The number of nitrogens with one attached hydrogen (secondary N) is 1. The van der Waals surface area contributed by atoms with Crippen molar-refractivity contribution in [1.29, 1.82) is 0 Å². The first-order chi connectivity index (χ1) is 7.79. The summed E-state index contributed by atoms with van der Waals surface area (Å²) in [7, 11) is 0. The summed E-state index contributed by atoms with van der Waals surface area (Å²) in [6.07, 6.45) is 0. The number of nitrogens with two attached hydrogens (primary N) is 1. The van der Waals surface area contributed by atoms with Crippen molar-refractivity contribution in [2.75, 3.05) is 26.3 Å². The summed E-state index contributed by atoms with van der Waals surface area (Å²) < 4.78 is 5.19. The Morgan fingerprint density at radius 2 is 2.38 bits per heavy atom. The van der Waals surface area contributed by atoms with Gasteiger partial charge < -0.3 is 10.5 Å². The number of rotatable bonds is 3. The molecular formula is C9H14N4O2S. The lowest BCUT2D eigenvalue weighted by Crippen LogP contribution is -2.48.